The van der Waals surface area contributed by atoms with E-state index in [1.54, 1.807) is 25.1 Å². The number of esters is 1. The van der Waals surface area contributed by atoms with Crippen LogP contribution in [0.1, 0.15) is 17.3 Å². The van der Waals surface area contributed by atoms with Crippen molar-refractivity contribution in [3.63, 3.8) is 0 Å². The lowest BCUT2D eigenvalue weighted by Crippen LogP contribution is -2.34. The minimum atomic E-state index is -0.494. The molecular weight excluding hydrogens is 398 g/mol. The summed E-state index contributed by atoms with van der Waals surface area (Å²) in [6.07, 6.45) is 4.92. The van der Waals surface area contributed by atoms with Gasteiger partial charge in [0.2, 0.25) is 0 Å². The van der Waals surface area contributed by atoms with Crippen molar-refractivity contribution in [1.82, 2.24) is 9.30 Å². The number of nitrogens with zero attached hydrogens (tertiary/aromatic N) is 2. The van der Waals surface area contributed by atoms with Crippen LogP contribution in [0.3, 0.4) is 0 Å². The molecule has 8 heteroatoms. The molecule has 0 fully saturated rings. The first-order valence-electron chi connectivity index (χ1n) is 9.86. The van der Waals surface area contributed by atoms with Crippen LogP contribution in [-0.2, 0) is 14.3 Å². The highest BCUT2D eigenvalue weighted by molar-refractivity contribution is 6.17. The number of carbonyl (C=O) groups excluding carboxylic acids is 3. The van der Waals surface area contributed by atoms with E-state index in [4.69, 9.17) is 9.84 Å². The Kier molecular flexibility index (Phi) is 5.55. The lowest BCUT2D eigenvalue weighted by Gasteiger charge is -2.13. The largest absolute Gasteiger partial charge is 0.462 e. The number of hydrogen-bond acceptors (Lipinski definition) is 6. The first kappa shape index (κ1) is 20.4. The van der Waals surface area contributed by atoms with E-state index in [-0.39, 0.29) is 25.5 Å². The normalized spacial score (nSPS) is 13.6. The van der Waals surface area contributed by atoms with E-state index < -0.39 is 17.8 Å². The molecule has 2 aromatic heterocycles. The molecule has 1 aliphatic heterocycles. The molecule has 0 spiro atoms. The highest BCUT2D eigenvalue weighted by Crippen LogP contribution is 2.31. The van der Waals surface area contributed by atoms with Crippen molar-refractivity contribution >= 4 is 29.0 Å². The van der Waals surface area contributed by atoms with Crippen LogP contribution >= 0.6 is 0 Å². The zero-order valence-electron chi connectivity index (χ0n) is 16.9. The summed E-state index contributed by atoms with van der Waals surface area (Å²) < 4.78 is 7.13. The van der Waals surface area contributed by atoms with E-state index in [9.17, 15) is 14.4 Å². The maximum atomic E-state index is 12.7. The fourth-order valence-corrected chi connectivity index (χ4v) is 3.59. The lowest BCUT2D eigenvalue weighted by molar-refractivity contribution is -0.137. The van der Waals surface area contributed by atoms with E-state index in [2.05, 4.69) is 5.32 Å². The van der Waals surface area contributed by atoms with Crippen LogP contribution in [0.25, 0.3) is 16.6 Å². The van der Waals surface area contributed by atoms with E-state index >= 15 is 0 Å². The van der Waals surface area contributed by atoms with Crippen LogP contribution in [-0.4, -0.2) is 51.9 Å². The van der Waals surface area contributed by atoms with Gasteiger partial charge in [0.05, 0.1) is 30.8 Å². The fraction of sp³-hybridized carbons (Fsp3) is 0.174. The van der Waals surface area contributed by atoms with E-state index in [0.717, 1.165) is 16.0 Å². The summed E-state index contributed by atoms with van der Waals surface area (Å²) in [5, 5.41) is 12.0. The minimum Gasteiger partial charge on any atom is -0.462 e. The van der Waals surface area contributed by atoms with Crippen LogP contribution in [0.2, 0.25) is 0 Å². The van der Waals surface area contributed by atoms with Crippen molar-refractivity contribution in [3.8, 4) is 11.1 Å². The zero-order valence-corrected chi connectivity index (χ0v) is 16.9. The molecule has 2 amide bonds. The van der Waals surface area contributed by atoms with Crippen molar-refractivity contribution in [1.29, 1.82) is 0 Å². The Morgan fingerprint density at radius 1 is 1.16 bits per heavy atom. The third-order valence-corrected chi connectivity index (χ3v) is 4.95. The van der Waals surface area contributed by atoms with Crippen molar-refractivity contribution < 1.29 is 24.2 Å². The smallest absolute Gasteiger partial charge is 0.340 e. The van der Waals surface area contributed by atoms with Crippen molar-refractivity contribution in [2.75, 3.05) is 25.1 Å². The number of carbonyl (C=O) groups is 3. The Balaban J connectivity index is 1.70. The molecule has 1 aliphatic rings. The molecule has 0 atom stereocenters. The number of nitrogens with one attached hydrogen (secondary N) is 1. The number of pyridine rings is 1. The summed E-state index contributed by atoms with van der Waals surface area (Å²) >= 11 is 0. The summed E-state index contributed by atoms with van der Waals surface area (Å²) in [7, 11) is 0. The highest BCUT2D eigenvalue weighted by Gasteiger charge is 2.30. The molecule has 31 heavy (non-hydrogen) atoms. The van der Waals surface area contributed by atoms with Crippen LogP contribution in [0.4, 0.5) is 5.69 Å². The predicted octanol–water partition coefficient (Wildman–Crippen LogP) is 2.44. The maximum Gasteiger partial charge on any atom is 0.340 e. The van der Waals surface area contributed by atoms with Gasteiger partial charge < -0.3 is 19.6 Å². The predicted molar refractivity (Wildman–Crippen MR) is 114 cm³/mol. The van der Waals surface area contributed by atoms with Gasteiger partial charge in [0, 0.05) is 29.7 Å². The molecule has 158 valence electrons. The van der Waals surface area contributed by atoms with Gasteiger partial charge in [-0.1, -0.05) is 18.2 Å². The highest BCUT2D eigenvalue weighted by atomic mass is 16.5. The van der Waals surface area contributed by atoms with Crippen LogP contribution in [0.15, 0.2) is 66.6 Å². The molecule has 0 saturated heterocycles. The first-order chi connectivity index (χ1) is 15.0. The number of anilines is 1. The summed E-state index contributed by atoms with van der Waals surface area (Å²) in [5.41, 5.74) is 3.34. The fourth-order valence-electron chi connectivity index (χ4n) is 3.59. The molecule has 2 N–H and O–H groups in total. The van der Waals surface area contributed by atoms with E-state index in [0.29, 0.717) is 16.8 Å². The topological polar surface area (TPSA) is 100 Å². The number of imide groups is 1. The maximum absolute atomic E-state index is 12.7. The van der Waals surface area contributed by atoms with Gasteiger partial charge in [-0.2, -0.15) is 0 Å². The van der Waals surface area contributed by atoms with Gasteiger partial charge in [-0.3, -0.25) is 14.5 Å². The Morgan fingerprint density at radius 3 is 2.77 bits per heavy atom. The van der Waals surface area contributed by atoms with Crippen LogP contribution < -0.4 is 5.32 Å². The number of β-amino-alcohol motifs (C(OH)–C–C–N with tert-alkyl or cyclic N) is 1. The van der Waals surface area contributed by atoms with Crippen LogP contribution in [0, 0.1) is 0 Å². The average molecular weight is 419 g/mol. The van der Waals surface area contributed by atoms with Crippen molar-refractivity contribution in [3.05, 3.63) is 72.2 Å². The Labute approximate surface area is 178 Å². The summed E-state index contributed by atoms with van der Waals surface area (Å²) in [6.45, 7) is 1.67. The standard InChI is InChI=1S/C23H21N3O5/c1-2-31-23(30)21-17(14-25-9-4-3-8-19(21)25)15-6-5-7-16(12-15)24-18-13-20(28)26(10-11-27)22(18)29/h3-9,12-14,24,27H,2,10-11H2,1H3. The monoisotopic (exact) mass is 419 g/mol. The molecule has 3 aromatic rings. The number of amides is 2. The van der Waals surface area contributed by atoms with Gasteiger partial charge in [-0.25, -0.2) is 4.79 Å². The van der Waals surface area contributed by atoms with Crippen molar-refractivity contribution in [2.45, 2.75) is 6.92 Å². The number of aromatic nitrogens is 1. The zero-order chi connectivity index (χ0) is 22.0. The number of aliphatic hydroxyl groups is 1. The lowest BCUT2D eigenvalue weighted by atomic mass is 10.0. The van der Waals surface area contributed by atoms with Gasteiger partial charge >= 0.3 is 5.97 Å². The third-order valence-electron chi connectivity index (χ3n) is 4.95. The molecule has 0 unspecified atom stereocenters. The molecule has 4 rings (SSSR count). The quantitative estimate of drug-likeness (QED) is 0.451. The van der Waals surface area contributed by atoms with Gasteiger partial charge in [-0.05, 0) is 36.8 Å². The molecule has 3 heterocycles. The number of aliphatic hydroxyl groups excluding tert-OH is 1. The third kappa shape index (κ3) is 3.80. The number of benzene rings is 1. The molecule has 0 aliphatic carbocycles. The van der Waals surface area contributed by atoms with Crippen molar-refractivity contribution in [2.24, 2.45) is 0 Å². The molecule has 1 aromatic carbocycles. The van der Waals surface area contributed by atoms with E-state index in [1.807, 2.05) is 41.1 Å². The number of rotatable bonds is 7. The molecule has 0 bridgehead atoms. The Morgan fingerprint density at radius 2 is 2.00 bits per heavy atom. The Bertz CT molecular complexity index is 1210. The second-order valence-electron chi connectivity index (χ2n) is 6.91. The SMILES string of the molecule is CCOC(=O)c1c(-c2cccc(NC3=CC(=O)N(CCO)C3=O)c2)cn2ccccc12. The summed E-state index contributed by atoms with van der Waals surface area (Å²) in [5.74, 6) is -1.38. The molecule has 0 radical (unpaired) electrons. The molecule has 8 nitrogen and oxygen atoms in total. The summed E-state index contributed by atoms with van der Waals surface area (Å²) in [6, 6.07) is 12.8. The second kappa shape index (κ2) is 8.45. The number of ether oxygens (including phenoxy) is 1. The first-order valence-corrected chi connectivity index (χ1v) is 9.86. The van der Waals surface area contributed by atoms with Crippen LogP contribution in [0.5, 0.6) is 0 Å². The number of fused-ring (bicyclic) bond motifs is 1. The van der Waals surface area contributed by atoms with Gasteiger partial charge in [-0.15, -0.1) is 0 Å². The molecular formula is C23H21N3O5. The second-order valence-corrected chi connectivity index (χ2v) is 6.91. The Hall–Kier alpha value is -3.91. The van der Waals surface area contributed by atoms with Gasteiger partial charge in [0.1, 0.15) is 5.70 Å². The van der Waals surface area contributed by atoms with E-state index in [1.165, 1.54) is 6.08 Å². The minimum absolute atomic E-state index is 0.0559. The molecule has 0 saturated carbocycles. The average Bonchev–Trinajstić information content (AvgIpc) is 3.28. The van der Waals surface area contributed by atoms with Gasteiger partial charge in [0.25, 0.3) is 11.8 Å². The summed E-state index contributed by atoms with van der Waals surface area (Å²) in [4.78, 5) is 38.0. The number of hydrogen-bond donors (Lipinski definition) is 2. The van der Waals surface area contributed by atoms with Gasteiger partial charge in [0.15, 0.2) is 0 Å².